The number of nitrogens with zero attached hydrogens (tertiary/aromatic N) is 2. The highest BCUT2D eigenvalue weighted by molar-refractivity contribution is 9.10. The highest BCUT2D eigenvalue weighted by Crippen LogP contribution is 2.31. The first-order valence-corrected chi connectivity index (χ1v) is 10.8. The van der Waals surface area contributed by atoms with Crippen LogP contribution in [0.3, 0.4) is 0 Å². The minimum absolute atomic E-state index is 0.0924. The fourth-order valence-electron chi connectivity index (χ4n) is 2.79. The molecule has 1 aliphatic rings. The fourth-order valence-corrected chi connectivity index (χ4v) is 6.00. The van der Waals surface area contributed by atoms with E-state index in [4.69, 9.17) is 4.74 Å². The zero-order chi connectivity index (χ0) is 17.3. The third-order valence-corrected chi connectivity index (χ3v) is 7.38. The van der Waals surface area contributed by atoms with Crippen LogP contribution in [0.5, 0.6) is 0 Å². The Morgan fingerprint density at radius 1 is 1.42 bits per heavy atom. The minimum Gasteiger partial charge on any atom is -0.376 e. The molecule has 0 spiro atoms. The lowest BCUT2D eigenvalue weighted by atomic mass is 10.2. The summed E-state index contributed by atoms with van der Waals surface area (Å²) in [5, 5.41) is 0. The van der Waals surface area contributed by atoms with E-state index in [0.29, 0.717) is 17.3 Å². The van der Waals surface area contributed by atoms with Gasteiger partial charge in [0.25, 0.3) is 10.0 Å². The molecule has 3 rings (SSSR count). The van der Waals surface area contributed by atoms with Crippen LogP contribution in [0.2, 0.25) is 0 Å². The summed E-state index contributed by atoms with van der Waals surface area (Å²) in [4.78, 5) is 6.42. The number of rotatable bonds is 5. The molecule has 3 heterocycles. The largest absolute Gasteiger partial charge is 0.376 e. The van der Waals surface area contributed by atoms with Crippen LogP contribution in [0.1, 0.15) is 22.6 Å². The molecule has 1 saturated heterocycles. The second-order valence-electron chi connectivity index (χ2n) is 5.78. The van der Waals surface area contributed by atoms with Gasteiger partial charge in [0.05, 0.1) is 12.6 Å². The number of hydrogen-bond donors (Lipinski definition) is 0. The number of aryl methyl sites for hydroxylation is 2. The molecule has 24 heavy (non-hydrogen) atoms. The van der Waals surface area contributed by atoms with E-state index in [1.54, 1.807) is 24.4 Å². The predicted molar refractivity (Wildman–Crippen MR) is 99.2 cm³/mol. The van der Waals surface area contributed by atoms with Gasteiger partial charge >= 0.3 is 0 Å². The maximum Gasteiger partial charge on any atom is 0.266 e. The summed E-state index contributed by atoms with van der Waals surface area (Å²) < 4.78 is 34.4. The first-order valence-electron chi connectivity index (χ1n) is 7.71. The highest BCUT2D eigenvalue weighted by Gasteiger charge is 2.32. The third-order valence-electron chi connectivity index (χ3n) is 3.92. The average molecular weight is 431 g/mol. The zero-order valence-electron chi connectivity index (χ0n) is 13.5. The second kappa shape index (κ2) is 7.11. The molecule has 8 heteroatoms. The number of ether oxygens (including phenoxy) is 1. The molecule has 0 bridgehead atoms. The van der Waals surface area contributed by atoms with Gasteiger partial charge in [0.2, 0.25) is 0 Å². The van der Waals surface area contributed by atoms with E-state index in [2.05, 4.69) is 20.9 Å². The first-order chi connectivity index (χ1) is 11.4. The number of pyridine rings is 1. The SMILES string of the molecule is Cc1cc(S(=O)(=O)N(C[C@H]2CCCO2)c2ccc(Br)cn2)c(C)s1. The molecule has 1 aliphatic heterocycles. The normalized spacial score (nSPS) is 18.0. The average Bonchev–Trinajstić information content (AvgIpc) is 3.15. The summed E-state index contributed by atoms with van der Waals surface area (Å²) in [5.41, 5.74) is 0. The summed E-state index contributed by atoms with van der Waals surface area (Å²) in [5.74, 6) is 0.414. The van der Waals surface area contributed by atoms with E-state index < -0.39 is 10.0 Å². The Balaban J connectivity index is 2.02. The van der Waals surface area contributed by atoms with Gasteiger partial charge in [0.15, 0.2) is 0 Å². The summed E-state index contributed by atoms with van der Waals surface area (Å²) in [7, 11) is -3.68. The Kier molecular flexibility index (Phi) is 5.29. The monoisotopic (exact) mass is 430 g/mol. The molecular formula is C16H19BrN2O3S2. The van der Waals surface area contributed by atoms with Crippen molar-refractivity contribution >= 4 is 43.1 Å². The molecule has 0 radical (unpaired) electrons. The molecule has 2 aromatic heterocycles. The summed E-state index contributed by atoms with van der Waals surface area (Å²) in [6, 6.07) is 5.24. The number of aromatic nitrogens is 1. The molecule has 0 amide bonds. The highest BCUT2D eigenvalue weighted by atomic mass is 79.9. The van der Waals surface area contributed by atoms with Crippen molar-refractivity contribution < 1.29 is 13.2 Å². The molecule has 0 N–H and O–H groups in total. The lowest BCUT2D eigenvalue weighted by Gasteiger charge is -2.26. The van der Waals surface area contributed by atoms with Gasteiger partial charge < -0.3 is 4.74 Å². The van der Waals surface area contributed by atoms with Crippen LogP contribution in [0, 0.1) is 13.8 Å². The lowest BCUT2D eigenvalue weighted by molar-refractivity contribution is 0.118. The molecule has 0 unspecified atom stereocenters. The Bertz CT molecular complexity index is 812. The van der Waals surface area contributed by atoms with E-state index in [-0.39, 0.29) is 12.6 Å². The van der Waals surface area contributed by atoms with Gasteiger partial charge in [0, 0.05) is 27.0 Å². The predicted octanol–water partition coefficient (Wildman–Crippen LogP) is 3.90. The van der Waals surface area contributed by atoms with Crippen LogP contribution in [0.15, 0.2) is 33.8 Å². The Morgan fingerprint density at radius 2 is 2.21 bits per heavy atom. The van der Waals surface area contributed by atoms with Crippen molar-refractivity contribution in [3.05, 3.63) is 38.6 Å². The third kappa shape index (κ3) is 3.66. The molecule has 130 valence electrons. The van der Waals surface area contributed by atoms with E-state index in [9.17, 15) is 8.42 Å². The summed E-state index contributed by atoms with van der Waals surface area (Å²) >= 11 is 4.83. The van der Waals surface area contributed by atoms with Gasteiger partial charge in [-0.25, -0.2) is 17.7 Å². The maximum atomic E-state index is 13.3. The van der Waals surface area contributed by atoms with Crippen molar-refractivity contribution in [2.75, 3.05) is 17.5 Å². The van der Waals surface area contributed by atoms with Crippen LogP contribution in [0.25, 0.3) is 0 Å². The fraction of sp³-hybridized carbons (Fsp3) is 0.438. The zero-order valence-corrected chi connectivity index (χ0v) is 16.7. The summed E-state index contributed by atoms with van der Waals surface area (Å²) in [6.07, 6.45) is 3.34. The molecule has 2 aromatic rings. The molecular weight excluding hydrogens is 412 g/mol. The van der Waals surface area contributed by atoms with Gasteiger partial charge in [-0.2, -0.15) is 0 Å². The standard InChI is InChI=1S/C16H19BrN2O3S2/c1-11-8-15(12(2)23-11)24(20,21)19(10-14-4-3-7-22-14)16-6-5-13(17)9-18-16/h5-6,8-9,14H,3-4,7,10H2,1-2H3/t14-/m1/s1. The van der Waals surface area contributed by atoms with Crippen molar-refractivity contribution in [2.45, 2.75) is 37.7 Å². The van der Waals surface area contributed by atoms with Gasteiger partial charge in [-0.1, -0.05) is 0 Å². The number of sulfonamides is 1. The molecule has 5 nitrogen and oxygen atoms in total. The molecule has 0 saturated carbocycles. The number of hydrogen-bond acceptors (Lipinski definition) is 5. The number of anilines is 1. The van der Waals surface area contributed by atoms with Gasteiger partial charge in [-0.15, -0.1) is 11.3 Å². The number of halogens is 1. The van der Waals surface area contributed by atoms with Crippen molar-refractivity contribution in [2.24, 2.45) is 0 Å². The lowest BCUT2D eigenvalue weighted by Crippen LogP contribution is -2.38. The van der Waals surface area contributed by atoms with Crippen LogP contribution >= 0.6 is 27.3 Å². The molecule has 1 atom stereocenters. The van der Waals surface area contributed by atoms with Crippen molar-refractivity contribution in [1.82, 2.24) is 4.98 Å². The second-order valence-corrected chi connectivity index (χ2v) is 9.99. The molecule has 0 aliphatic carbocycles. The van der Waals surface area contributed by atoms with E-state index >= 15 is 0 Å². The van der Waals surface area contributed by atoms with Crippen molar-refractivity contribution in [3.8, 4) is 0 Å². The van der Waals surface area contributed by atoms with E-state index in [1.807, 2.05) is 13.8 Å². The van der Waals surface area contributed by atoms with Crippen LogP contribution in [-0.4, -0.2) is 32.7 Å². The van der Waals surface area contributed by atoms with Crippen molar-refractivity contribution in [1.29, 1.82) is 0 Å². The van der Waals surface area contributed by atoms with Gasteiger partial charge in [-0.05, 0) is 60.8 Å². The molecule has 1 fully saturated rings. The van der Waals surface area contributed by atoms with Crippen LogP contribution < -0.4 is 4.31 Å². The van der Waals surface area contributed by atoms with Crippen LogP contribution in [-0.2, 0) is 14.8 Å². The van der Waals surface area contributed by atoms with E-state index in [0.717, 1.165) is 27.1 Å². The summed E-state index contributed by atoms with van der Waals surface area (Å²) in [6.45, 7) is 4.72. The van der Waals surface area contributed by atoms with Crippen LogP contribution in [0.4, 0.5) is 5.82 Å². The quantitative estimate of drug-likeness (QED) is 0.721. The number of thiophene rings is 1. The topological polar surface area (TPSA) is 59.5 Å². The van der Waals surface area contributed by atoms with E-state index in [1.165, 1.54) is 15.6 Å². The minimum atomic E-state index is -3.68. The first kappa shape index (κ1) is 17.8. The maximum absolute atomic E-state index is 13.3. The van der Waals surface area contributed by atoms with Gasteiger partial charge in [0.1, 0.15) is 10.7 Å². The van der Waals surface area contributed by atoms with Crippen molar-refractivity contribution in [3.63, 3.8) is 0 Å². The van der Waals surface area contributed by atoms with Gasteiger partial charge in [-0.3, -0.25) is 0 Å². The smallest absolute Gasteiger partial charge is 0.266 e. The Morgan fingerprint density at radius 3 is 2.75 bits per heavy atom. The Hall–Kier alpha value is -0.960. The Labute approximate surface area is 154 Å². The molecule has 0 aromatic carbocycles.